The molecular formula is C11H12Br2N2. The summed E-state index contributed by atoms with van der Waals surface area (Å²) in [7, 11) is 0. The largest absolute Gasteiger partial charge is 0.302 e. The van der Waals surface area contributed by atoms with Gasteiger partial charge in [0.05, 0.1) is 5.52 Å². The summed E-state index contributed by atoms with van der Waals surface area (Å²) < 4.78 is 4.11. The van der Waals surface area contributed by atoms with Crippen molar-refractivity contribution >= 4 is 37.4 Å². The Balaban J connectivity index is 2.63. The number of halogens is 2. The van der Waals surface area contributed by atoms with E-state index in [1.165, 1.54) is 0 Å². The molecule has 2 aromatic rings. The average Bonchev–Trinajstić information content (AvgIpc) is 2.44. The van der Waals surface area contributed by atoms with E-state index in [0.29, 0.717) is 5.92 Å². The normalized spacial score (nSPS) is 11.5. The Bertz CT molecular complexity index is 489. The van der Waals surface area contributed by atoms with E-state index in [-0.39, 0.29) is 0 Å². The first-order valence-electron chi connectivity index (χ1n) is 4.90. The Morgan fingerprint density at radius 3 is 2.80 bits per heavy atom. The fraction of sp³-hybridized carbons (Fsp3) is 0.364. The van der Waals surface area contributed by atoms with Crippen molar-refractivity contribution in [2.75, 3.05) is 0 Å². The van der Waals surface area contributed by atoms with Crippen LogP contribution < -0.4 is 0 Å². The monoisotopic (exact) mass is 330 g/mol. The maximum Gasteiger partial charge on any atom is 0.133 e. The second kappa shape index (κ2) is 4.26. The van der Waals surface area contributed by atoms with Gasteiger partial charge in [0.2, 0.25) is 0 Å². The van der Waals surface area contributed by atoms with Crippen molar-refractivity contribution in [3.05, 3.63) is 33.2 Å². The zero-order valence-electron chi connectivity index (χ0n) is 8.67. The van der Waals surface area contributed by atoms with Crippen LogP contribution in [0.3, 0.4) is 0 Å². The Kier molecular flexibility index (Phi) is 3.16. The van der Waals surface area contributed by atoms with Crippen LogP contribution in [0, 0.1) is 5.92 Å². The minimum Gasteiger partial charge on any atom is -0.302 e. The minimum atomic E-state index is 0.612. The summed E-state index contributed by atoms with van der Waals surface area (Å²) in [5, 5.41) is 0. The molecule has 0 bridgehead atoms. The number of rotatable bonds is 2. The van der Waals surface area contributed by atoms with E-state index in [0.717, 1.165) is 26.8 Å². The maximum absolute atomic E-state index is 4.54. The third-order valence-corrected chi connectivity index (χ3v) is 3.43. The van der Waals surface area contributed by atoms with Gasteiger partial charge in [0.25, 0.3) is 0 Å². The van der Waals surface area contributed by atoms with E-state index >= 15 is 0 Å². The average molecular weight is 332 g/mol. The lowest BCUT2D eigenvalue weighted by Gasteiger charge is -2.04. The first-order valence-corrected chi connectivity index (χ1v) is 6.49. The molecule has 0 saturated heterocycles. The molecule has 0 radical (unpaired) electrons. The number of imidazole rings is 1. The molecule has 0 aromatic carbocycles. The SMILES string of the molecule is CC(C)Cc1nc(Br)c2c(Br)cccn12. The predicted molar refractivity (Wildman–Crippen MR) is 69.1 cm³/mol. The molecule has 15 heavy (non-hydrogen) atoms. The summed E-state index contributed by atoms with van der Waals surface area (Å²) in [6.45, 7) is 4.40. The van der Waals surface area contributed by atoms with Crippen LogP contribution in [0.4, 0.5) is 0 Å². The van der Waals surface area contributed by atoms with Crippen LogP contribution in [0.5, 0.6) is 0 Å². The number of nitrogens with zero attached hydrogens (tertiary/aromatic N) is 2. The van der Waals surface area contributed by atoms with Crippen molar-refractivity contribution in [3.63, 3.8) is 0 Å². The first-order chi connectivity index (χ1) is 7.09. The van der Waals surface area contributed by atoms with Gasteiger partial charge in [0.1, 0.15) is 10.4 Å². The van der Waals surface area contributed by atoms with Crippen molar-refractivity contribution in [2.45, 2.75) is 20.3 Å². The first kappa shape index (κ1) is 11.1. The van der Waals surface area contributed by atoms with Gasteiger partial charge in [-0.1, -0.05) is 13.8 Å². The van der Waals surface area contributed by atoms with E-state index in [4.69, 9.17) is 0 Å². The molecule has 0 aliphatic rings. The molecule has 0 N–H and O–H groups in total. The van der Waals surface area contributed by atoms with Crippen LogP contribution in [0.15, 0.2) is 27.4 Å². The fourth-order valence-corrected chi connectivity index (χ4v) is 3.03. The van der Waals surface area contributed by atoms with Gasteiger partial charge in [-0.05, 0) is 49.9 Å². The lowest BCUT2D eigenvalue weighted by molar-refractivity contribution is 0.618. The van der Waals surface area contributed by atoms with Crippen molar-refractivity contribution in [3.8, 4) is 0 Å². The number of hydrogen-bond acceptors (Lipinski definition) is 1. The van der Waals surface area contributed by atoms with Gasteiger partial charge in [0, 0.05) is 17.1 Å². The molecule has 2 nitrogen and oxygen atoms in total. The molecule has 0 atom stereocenters. The summed E-state index contributed by atoms with van der Waals surface area (Å²) >= 11 is 7.03. The topological polar surface area (TPSA) is 17.3 Å². The third kappa shape index (κ3) is 2.11. The number of aromatic nitrogens is 2. The Labute approximate surface area is 106 Å². The molecule has 2 heterocycles. The Morgan fingerprint density at radius 2 is 2.13 bits per heavy atom. The number of fused-ring (bicyclic) bond motifs is 1. The van der Waals surface area contributed by atoms with Gasteiger partial charge in [-0.15, -0.1) is 0 Å². The van der Waals surface area contributed by atoms with Crippen molar-refractivity contribution in [2.24, 2.45) is 5.92 Å². The summed E-state index contributed by atoms with van der Waals surface area (Å²) in [6, 6.07) is 4.05. The summed E-state index contributed by atoms with van der Waals surface area (Å²) in [4.78, 5) is 4.54. The summed E-state index contributed by atoms with van der Waals surface area (Å²) in [6.07, 6.45) is 3.04. The molecule has 80 valence electrons. The molecule has 2 aromatic heterocycles. The summed E-state index contributed by atoms with van der Waals surface area (Å²) in [5.41, 5.74) is 1.10. The van der Waals surface area contributed by atoms with Gasteiger partial charge in [-0.2, -0.15) is 0 Å². The van der Waals surface area contributed by atoms with Gasteiger partial charge < -0.3 is 4.40 Å². The molecule has 0 aliphatic carbocycles. The Hall–Kier alpha value is -0.350. The van der Waals surface area contributed by atoms with Crippen LogP contribution in [0.1, 0.15) is 19.7 Å². The Morgan fingerprint density at radius 1 is 1.40 bits per heavy atom. The van der Waals surface area contributed by atoms with E-state index in [1.807, 2.05) is 12.1 Å². The minimum absolute atomic E-state index is 0.612. The highest BCUT2D eigenvalue weighted by Crippen LogP contribution is 2.27. The molecule has 2 rings (SSSR count). The highest BCUT2D eigenvalue weighted by molar-refractivity contribution is 9.11. The van der Waals surface area contributed by atoms with E-state index in [9.17, 15) is 0 Å². The van der Waals surface area contributed by atoms with E-state index < -0.39 is 0 Å². The zero-order valence-corrected chi connectivity index (χ0v) is 11.8. The van der Waals surface area contributed by atoms with Gasteiger partial charge in [0.15, 0.2) is 0 Å². The van der Waals surface area contributed by atoms with Gasteiger partial charge in [-0.25, -0.2) is 4.98 Å². The fourth-order valence-electron chi connectivity index (χ4n) is 1.62. The number of pyridine rings is 1. The highest BCUT2D eigenvalue weighted by Gasteiger charge is 2.11. The van der Waals surface area contributed by atoms with Crippen LogP contribution in [0.25, 0.3) is 5.52 Å². The van der Waals surface area contributed by atoms with Gasteiger partial charge >= 0.3 is 0 Å². The number of hydrogen-bond donors (Lipinski definition) is 0. The molecule has 0 aliphatic heterocycles. The zero-order chi connectivity index (χ0) is 11.0. The second-order valence-electron chi connectivity index (χ2n) is 3.99. The lowest BCUT2D eigenvalue weighted by atomic mass is 10.1. The van der Waals surface area contributed by atoms with Crippen LogP contribution in [-0.4, -0.2) is 9.38 Å². The molecule has 0 saturated carbocycles. The molecule has 0 amide bonds. The van der Waals surface area contributed by atoms with Crippen LogP contribution >= 0.6 is 31.9 Å². The molecule has 0 spiro atoms. The molecule has 4 heteroatoms. The molecule has 0 unspecified atom stereocenters. The van der Waals surface area contributed by atoms with E-state index in [1.54, 1.807) is 0 Å². The quantitative estimate of drug-likeness (QED) is 0.811. The third-order valence-electron chi connectivity index (χ3n) is 2.24. The molecular weight excluding hydrogens is 320 g/mol. The smallest absolute Gasteiger partial charge is 0.133 e. The van der Waals surface area contributed by atoms with Crippen LogP contribution in [0.2, 0.25) is 0 Å². The lowest BCUT2D eigenvalue weighted by Crippen LogP contribution is -2.00. The predicted octanol–water partition coefficient (Wildman–Crippen LogP) is 4.06. The van der Waals surface area contributed by atoms with Crippen molar-refractivity contribution in [1.29, 1.82) is 0 Å². The van der Waals surface area contributed by atoms with E-state index in [2.05, 4.69) is 61.3 Å². The maximum atomic E-state index is 4.54. The van der Waals surface area contributed by atoms with Gasteiger partial charge in [-0.3, -0.25) is 0 Å². The van der Waals surface area contributed by atoms with Crippen LogP contribution in [-0.2, 0) is 6.42 Å². The second-order valence-corrected chi connectivity index (χ2v) is 5.60. The highest BCUT2D eigenvalue weighted by atomic mass is 79.9. The standard InChI is InChI=1S/C11H12Br2N2/c1-7(2)6-9-14-11(13)10-8(12)4-3-5-15(9)10/h3-5,7H,6H2,1-2H3. The summed E-state index contributed by atoms with van der Waals surface area (Å²) in [5.74, 6) is 1.72. The van der Waals surface area contributed by atoms with Crippen molar-refractivity contribution < 1.29 is 0 Å². The van der Waals surface area contributed by atoms with Crippen molar-refractivity contribution in [1.82, 2.24) is 9.38 Å². The molecule has 0 fully saturated rings.